The molecule has 1 aromatic rings. The molecule has 0 aliphatic carbocycles. The molecule has 3 unspecified atom stereocenters. The minimum Gasteiger partial charge on any atom is -0.480 e. The number of benzene rings is 1. The first kappa shape index (κ1) is 23.8. The number of amides is 1. The van der Waals surface area contributed by atoms with Crippen LogP contribution in [0.1, 0.15) is 40.5 Å². The van der Waals surface area contributed by atoms with Gasteiger partial charge in [0, 0.05) is 6.07 Å². The third kappa shape index (κ3) is 6.70. The van der Waals surface area contributed by atoms with Crippen molar-refractivity contribution in [2.75, 3.05) is 5.32 Å². The van der Waals surface area contributed by atoms with Crippen molar-refractivity contribution in [3.05, 3.63) is 38.4 Å². The van der Waals surface area contributed by atoms with E-state index in [2.05, 4.69) is 10.6 Å². The lowest BCUT2D eigenvalue weighted by Crippen LogP contribution is -2.50. The molecule has 11 heteroatoms. The number of aliphatic carboxylic acids is 1. The molecular weight excluding hydrogens is 384 g/mol. The Balaban J connectivity index is 3.19. The number of nitrogens with zero attached hydrogens (tertiary/aromatic N) is 2. The normalized spacial score (nSPS) is 14.0. The maximum Gasteiger partial charge on any atom is 0.326 e. The molecule has 0 saturated heterocycles. The summed E-state index contributed by atoms with van der Waals surface area (Å²) in [6, 6.07) is 1.02. The minimum absolute atomic E-state index is 0.0160. The fourth-order valence-corrected chi connectivity index (χ4v) is 2.73. The lowest BCUT2D eigenvalue weighted by Gasteiger charge is -2.25. The van der Waals surface area contributed by atoms with Crippen molar-refractivity contribution in [3.63, 3.8) is 0 Å². The van der Waals surface area contributed by atoms with E-state index in [1.165, 1.54) is 6.07 Å². The Hall–Kier alpha value is -3.24. The third-order valence-corrected chi connectivity index (χ3v) is 4.52. The van der Waals surface area contributed by atoms with Crippen LogP contribution in [-0.4, -0.2) is 38.9 Å². The Morgan fingerprint density at radius 2 is 1.76 bits per heavy atom. The number of carbonyl (C=O) groups excluding carboxylic acids is 1. The van der Waals surface area contributed by atoms with E-state index < -0.39 is 45.2 Å². The van der Waals surface area contributed by atoms with Crippen LogP contribution in [0.25, 0.3) is 0 Å². The quantitative estimate of drug-likeness (QED) is 0.370. The SMILES string of the molecule is CCC(C)C(NC(=O)C(CC(C)C)Nc1ccc([N+](=O)[O-])cc1[N+](=O)[O-])C(=O)O. The standard InChI is InChI=1S/C18H26N4O7/c1-5-11(4)16(18(24)25)20-17(23)14(8-10(2)3)19-13-7-6-12(21(26)27)9-15(13)22(28)29/h6-7,9-11,14,16,19H,5,8H2,1-4H3,(H,20,23)(H,24,25). The van der Waals surface area contributed by atoms with Crippen LogP contribution < -0.4 is 10.6 Å². The first-order valence-corrected chi connectivity index (χ1v) is 9.20. The van der Waals surface area contributed by atoms with Gasteiger partial charge in [-0.25, -0.2) is 4.79 Å². The molecule has 0 aliphatic heterocycles. The van der Waals surface area contributed by atoms with Gasteiger partial charge >= 0.3 is 5.97 Å². The summed E-state index contributed by atoms with van der Waals surface area (Å²) in [6.07, 6.45) is 0.806. The first-order chi connectivity index (χ1) is 13.5. The van der Waals surface area contributed by atoms with Crippen LogP contribution in [0.5, 0.6) is 0 Å². The number of carboxylic acid groups (broad SMARTS) is 1. The molecule has 1 aromatic carbocycles. The van der Waals surface area contributed by atoms with E-state index >= 15 is 0 Å². The van der Waals surface area contributed by atoms with Gasteiger partial charge in [0.15, 0.2) is 0 Å². The number of nitro groups is 2. The highest BCUT2D eigenvalue weighted by molar-refractivity contribution is 5.89. The first-order valence-electron chi connectivity index (χ1n) is 9.20. The summed E-state index contributed by atoms with van der Waals surface area (Å²) in [5, 5.41) is 36.9. The fourth-order valence-electron chi connectivity index (χ4n) is 2.73. The van der Waals surface area contributed by atoms with Gasteiger partial charge in [-0.05, 0) is 24.3 Å². The van der Waals surface area contributed by atoms with Crippen molar-refractivity contribution < 1.29 is 24.5 Å². The van der Waals surface area contributed by atoms with Gasteiger partial charge in [0.2, 0.25) is 5.91 Å². The number of non-ortho nitro benzene ring substituents is 1. The van der Waals surface area contributed by atoms with E-state index in [0.29, 0.717) is 6.42 Å². The van der Waals surface area contributed by atoms with Crippen LogP contribution in [0.15, 0.2) is 18.2 Å². The molecule has 0 aliphatic rings. The van der Waals surface area contributed by atoms with Crippen LogP contribution in [0, 0.1) is 32.1 Å². The van der Waals surface area contributed by atoms with Crippen molar-refractivity contribution >= 4 is 28.9 Å². The molecule has 0 saturated carbocycles. The second-order valence-corrected chi connectivity index (χ2v) is 7.25. The van der Waals surface area contributed by atoms with E-state index in [0.717, 1.165) is 12.1 Å². The molecule has 29 heavy (non-hydrogen) atoms. The summed E-state index contributed by atoms with van der Waals surface area (Å²) in [6.45, 7) is 7.19. The van der Waals surface area contributed by atoms with Gasteiger partial charge in [-0.1, -0.05) is 34.1 Å². The number of carboxylic acids is 1. The third-order valence-electron chi connectivity index (χ3n) is 4.52. The van der Waals surface area contributed by atoms with Gasteiger partial charge in [-0.3, -0.25) is 25.0 Å². The molecule has 11 nitrogen and oxygen atoms in total. The molecule has 0 heterocycles. The van der Waals surface area contributed by atoms with Gasteiger partial charge in [0.25, 0.3) is 11.4 Å². The highest BCUT2D eigenvalue weighted by Gasteiger charge is 2.30. The summed E-state index contributed by atoms with van der Waals surface area (Å²) in [5.41, 5.74) is -1.05. The average molecular weight is 410 g/mol. The zero-order valence-corrected chi connectivity index (χ0v) is 16.7. The molecule has 160 valence electrons. The Bertz CT molecular complexity index is 781. The summed E-state index contributed by atoms with van der Waals surface area (Å²) in [5.74, 6) is -2.08. The van der Waals surface area contributed by atoms with Crippen LogP contribution in [0.3, 0.4) is 0 Å². The van der Waals surface area contributed by atoms with Gasteiger partial charge in [-0.2, -0.15) is 0 Å². The summed E-state index contributed by atoms with van der Waals surface area (Å²) in [4.78, 5) is 44.9. The summed E-state index contributed by atoms with van der Waals surface area (Å²) < 4.78 is 0. The minimum atomic E-state index is -1.17. The number of nitrogens with one attached hydrogen (secondary N) is 2. The van der Waals surface area contributed by atoms with Crippen LogP contribution in [-0.2, 0) is 9.59 Å². The molecule has 1 amide bonds. The Kier molecular flexibility index (Phi) is 8.49. The fraction of sp³-hybridized carbons (Fsp3) is 0.556. The molecule has 0 fully saturated rings. The maximum atomic E-state index is 12.8. The number of rotatable bonds is 11. The zero-order valence-electron chi connectivity index (χ0n) is 16.7. The van der Waals surface area contributed by atoms with Crippen molar-refractivity contribution in [2.45, 2.75) is 52.6 Å². The van der Waals surface area contributed by atoms with Crippen molar-refractivity contribution in [3.8, 4) is 0 Å². The second-order valence-electron chi connectivity index (χ2n) is 7.25. The molecule has 0 radical (unpaired) electrons. The topological polar surface area (TPSA) is 165 Å². The monoisotopic (exact) mass is 410 g/mol. The zero-order chi connectivity index (χ0) is 22.3. The number of hydrogen-bond acceptors (Lipinski definition) is 7. The molecule has 0 bridgehead atoms. The lowest BCUT2D eigenvalue weighted by atomic mass is 9.97. The van der Waals surface area contributed by atoms with Crippen LogP contribution in [0.4, 0.5) is 17.1 Å². The van der Waals surface area contributed by atoms with E-state index in [1.807, 2.05) is 13.8 Å². The van der Waals surface area contributed by atoms with Crippen LogP contribution >= 0.6 is 0 Å². The maximum absolute atomic E-state index is 12.8. The Labute approximate surface area is 167 Å². The largest absolute Gasteiger partial charge is 0.480 e. The Morgan fingerprint density at radius 1 is 1.14 bits per heavy atom. The van der Waals surface area contributed by atoms with Gasteiger partial charge in [-0.15, -0.1) is 0 Å². The Morgan fingerprint density at radius 3 is 2.21 bits per heavy atom. The predicted octanol–water partition coefficient (Wildman–Crippen LogP) is 2.95. The van der Waals surface area contributed by atoms with Crippen LogP contribution in [0.2, 0.25) is 0 Å². The lowest BCUT2D eigenvalue weighted by molar-refractivity contribution is -0.393. The average Bonchev–Trinajstić information content (AvgIpc) is 2.63. The molecule has 1 rings (SSSR count). The van der Waals surface area contributed by atoms with E-state index in [-0.39, 0.29) is 23.9 Å². The van der Waals surface area contributed by atoms with Crippen molar-refractivity contribution in [1.82, 2.24) is 5.32 Å². The molecule has 0 aromatic heterocycles. The number of nitro benzene ring substituents is 2. The van der Waals surface area contributed by atoms with E-state index in [9.17, 15) is 34.9 Å². The summed E-state index contributed by atoms with van der Waals surface area (Å²) in [7, 11) is 0. The number of anilines is 1. The number of carbonyl (C=O) groups is 2. The van der Waals surface area contributed by atoms with Crippen molar-refractivity contribution in [2.24, 2.45) is 11.8 Å². The molecule has 3 N–H and O–H groups in total. The van der Waals surface area contributed by atoms with E-state index in [4.69, 9.17) is 0 Å². The highest BCUT2D eigenvalue weighted by atomic mass is 16.6. The number of hydrogen-bond donors (Lipinski definition) is 3. The van der Waals surface area contributed by atoms with Gasteiger partial charge in [0.05, 0.1) is 15.9 Å². The molecular formula is C18H26N4O7. The van der Waals surface area contributed by atoms with Gasteiger partial charge in [0.1, 0.15) is 17.8 Å². The van der Waals surface area contributed by atoms with Gasteiger partial charge < -0.3 is 15.7 Å². The smallest absolute Gasteiger partial charge is 0.326 e. The van der Waals surface area contributed by atoms with Crippen molar-refractivity contribution in [1.29, 1.82) is 0 Å². The predicted molar refractivity (Wildman–Crippen MR) is 106 cm³/mol. The molecule has 0 spiro atoms. The highest BCUT2D eigenvalue weighted by Crippen LogP contribution is 2.30. The van der Waals surface area contributed by atoms with E-state index in [1.54, 1.807) is 13.8 Å². The second kappa shape index (κ2) is 10.3. The molecule has 3 atom stereocenters. The summed E-state index contributed by atoms with van der Waals surface area (Å²) >= 11 is 0.